The number of amides is 2. The molecule has 1 fully saturated rings. The smallest absolute Gasteiger partial charge is 0.409 e. The minimum absolute atomic E-state index is 0.128. The van der Waals surface area contributed by atoms with Gasteiger partial charge in [-0.2, -0.15) is 0 Å². The summed E-state index contributed by atoms with van der Waals surface area (Å²) in [6, 6.07) is 17.6. The first-order valence-corrected chi connectivity index (χ1v) is 12.5. The number of Topliss-reactive ketones (excluding diaryl/α,β-unsaturated/α-hetero) is 1. The molecule has 3 aromatic rings. The van der Waals surface area contributed by atoms with Crippen molar-refractivity contribution in [2.24, 2.45) is 5.92 Å². The van der Waals surface area contributed by atoms with Gasteiger partial charge in [0.2, 0.25) is 5.91 Å². The number of carbonyl (C=O) groups excluding carboxylic acids is 4. The Kier molecular flexibility index (Phi) is 8.25. The van der Waals surface area contributed by atoms with Crippen molar-refractivity contribution >= 4 is 40.2 Å². The van der Waals surface area contributed by atoms with Crippen molar-refractivity contribution in [3.8, 4) is 0 Å². The van der Waals surface area contributed by atoms with Crippen LogP contribution in [0.5, 0.6) is 0 Å². The van der Waals surface area contributed by atoms with Crippen LogP contribution in [0.1, 0.15) is 33.2 Å². The Labute approximate surface area is 221 Å². The summed E-state index contributed by atoms with van der Waals surface area (Å²) >= 11 is 0. The minimum atomic E-state index is -1.03. The highest BCUT2D eigenvalue weighted by Crippen LogP contribution is 2.28. The Morgan fingerprint density at radius 2 is 1.55 bits per heavy atom. The van der Waals surface area contributed by atoms with Crippen LogP contribution in [0.2, 0.25) is 0 Å². The van der Waals surface area contributed by atoms with Gasteiger partial charge < -0.3 is 25.0 Å². The zero-order chi connectivity index (χ0) is 27.2. The molecule has 1 unspecified atom stereocenters. The third-order valence-electron chi connectivity index (χ3n) is 6.78. The Morgan fingerprint density at radius 3 is 2.21 bits per heavy atom. The van der Waals surface area contributed by atoms with Gasteiger partial charge in [0.15, 0.2) is 5.78 Å². The predicted octanol–water partition coefficient (Wildman–Crippen LogP) is 3.55. The van der Waals surface area contributed by atoms with E-state index < -0.39 is 18.0 Å². The molecule has 9 heteroatoms. The fraction of sp³-hybridized carbons (Fsp3) is 0.310. The van der Waals surface area contributed by atoms with E-state index in [0.717, 1.165) is 10.8 Å². The molecule has 198 valence electrons. The van der Waals surface area contributed by atoms with Crippen molar-refractivity contribution in [1.82, 2.24) is 9.80 Å². The number of methoxy groups -OCH3 is 1. The van der Waals surface area contributed by atoms with Crippen LogP contribution in [0, 0.1) is 5.92 Å². The summed E-state index contributed by atoms with van der Waals surface area (Å²) < 4.78 is 9.82. The molecule has 0 saturated carbocycles. The van der Waals surface area contributed by atoms with Gasteiger partial charge in [-0.25, -0.2) is 9.59 Å². The van der Waals surface area contributed by atoms with Gasteiger partial charge in [-0.05, 0) is 42.5 Å². The summed E-state index contributed by atoms with van der Waals surface area (Å²) in [7, 11) is 1.30. The van der Waals surface area contributed by atoms with E-state index in [1.165, 1.54) is 7.11 Å². The lowest BCUT2D eigenvalue weighted by Crippen LogP contribution is -2.53. The van der Waals surface area contributed by atoms with Crippen LogP contribution in [0.25, 0.3) is 10.8 Å². The highest BCUT2D eigenvalue weighted by atomic mass is 16.6. The van der Waals surface area contributed by atoms with Gasteiger partial charge in [0.25, 0.3) is 0 Å². The molecule has 2 N–H and O–H groups in total. The molecular formula is C29H31N3O6. The number of ketones is 1. The van der Waals surface area contributed by atoms with Crippen LogP contribution in [0.4, 0.5) is 10.5 Å². The third-order valence-corrected chi connectivity index (χ3v) is 6.78. The zero-order valence-corrected chi connectivity index (χ0v) is 21.5. The number of carbonyl (C=O) groups is 4. The Balaban J connectivity index is 1.62. The second-order valence-corrected chi connectivity index (χ2v) is 9.07. The average Bonchev–Trinajstić information content (AvgIpc) is 2.95. The highest BCUT2D eigenvalue weighted by molar-refractivity contribution is 6.16. The van der Waals surface area contributed by atoms with Crippen molar-refractivity contribution in [2.45, 2.75) is 13.3 Å². The van der Waals surface area contributed by atoms with Gasteiger partial charge in [0.1, 0.15) is 5.92 Å². The molecule has 2 amide bonds. The van der Waals surface area contributed by atoms with Crippen molar-refractivity contribution in [3.63, 3.8) is 0 Å². The monoisotopic (exact) mass is 517 g/mol. The van der Waals surface area contributed by atoms with Crippen LogP contribution in [-0.4, -0.2) is 73.4 Å². The number of rotatable bonds is 7. The molecular weight excluding hydrogens is 486 g/mol. The maximum Gasteiger partial charge on any atom is 0.409 e. The molecule has 1 aliphatic heterocycles. The molecule has 38 heavy (non-hydrogen) atoms. The first-order chi connectivity index (χ1) is 18.3. The summed E-state index contributed by atoms with van der Waals surface area (Å²) in [5.74, 6) is -2.20. The zero-order valence-electron chi connectivity index (χ0n) is 21.5. The normalized spacial score (nSPS) is 14.2. The SMILES string of the molecule is CCOC(=O)N1CCN(C(=O)C(Cc2ccc(C(=O)OC)cc2)C(=O)c2ccc3ccccc3c2N)CC1. The second-order valence-electron chi connectivity index (χ2n) is 9.07. The van der Waals surface area contributed by atoms with E-state index in [1.54, 1.807) is 47.1 Å². The first-order valence-electron chi connectivity index (χ1n) is 12.5. The second kappa shape index (κ2) is 11.8. The van der Waals surface area contributed by atoms with Gasteiger partial charge in [0, 0.05) is 37.1 Å². The third kappa shape index (κ3) is 5.61. The van der Waals surface area contributed by atoms with Crippen LogP contribution in [0.15, 0.2) is 60.7 Å². The summed E-state index contributed by atoms with van der Waals surface area (Å²) in [4.78, 5) is 54.7. The number of piperazine rings is 1. The molecule has 1 saturated heterocycles. The number of ether oxygens (including phenoxy) is 2. The Hall–Kier alpha value is -4.40. The standard InChI is InChI=1S/C29H31N3O6/c1-3-38-29(36)32-16-14-31(15-17-32)27(34)24(18-19-8-10-21(11-9-19)28(35)37-2)26(33)23-13-12-20-6-4-5-7-22(20)25(23)30/h4-13,24H,3,14-18,30H2,1-2H3. The maximum absolute atomic E-state index is 13.9. The van der Waals surface area contributed by atoms with E-state index in [-0.39, 0.29) is 37.8 Å². The van der Waals surface area contributed by atoms with E-state index in [2.05, 4.69) is 0 Å². The van der Waals surface area contributed by atoms with Crippen LogP contribution in [-0.2, 0) is 20.7 Å². The van der Waals surface area contributed by atoms with E-state index in [0.29, 0.717) is 35.5 Å². The van der Waals surface area contributed by atoms with Gasteiger partial charge in [-0.15, -0.1) is 0 Å². The van der Waals surface area contributed by atoms with Crippen LogP contribution < -0.4 is 5.73 Å². The van der Waals surface area contributed by atoms with E-state index >= 15 is 0 Å². The van der Waals surface area contributed by atoms with Crippen molar-refractivity contribution in [3.05, 3.63) is 77.4 Å². The Morgan fingerprint density at radius 1 is 0.895 bits per heavy atom. The van der Waals surface area contributed by atoms with E-state index in [4.69, 9.17) is 15.2 Å². The van der Waals surface area contributed by atoms with Crippen molar-refractivity contribution in [1.29, 1.82) is 0 Å². The summed E-state index contributed by atoms with van der Waals surface area (Å²) in [5, 5.41) is 1.65. The highest BCUT2D eigenvalue weighted by Gasteiger charge is 2.35. The lowest BCUT2D eigenvalue weighted by molar-refractivity contribution is -0.135. The first kappa shape index (κ1) is 26.7. The molecule has 1 aliphatic rings. The molecule has 0 spiro atoms. The quantitative estimate of drug-likeness (QED) is 0.220. The van der Waals surface area contributed by atoms with Crippen LogP contribution >= 0.6 is 0 Å². The lowest BCUT2D eigenvalue weighted by atomic mass is 9.88. The van der Waals surface area contributed by atoms with Gasteiger partial charge in [-0.1, -0.05) is 42.5 Å². The molecule has 4 rings (SSSR count). The van der Waals surface area contributed by atoms with Crippen molar-refractivity contribution < 1.29 is 28.7 Å². The number of hydrogen-bond donors (Lipinski definition) is 1. The van der Waals surface area contributed by atoms with E-state index in [9.17, 15) is 19.2 Å². The largest absolute Gasteiger partial charge is 0.465 e. The molecule has 0 radical (unpaired) electrons. The number of fused-ring (bicyclic) bond motifs is 1. The number of anilines is 1. The number of benzene rings is 3. The fourth-order valence-corrected chi connectivity index (χ4v) is 4.67. The summed E-state index contributed by atoms with van der Waals surface area (Å²) in [6.07, 6.45) is -0.286. The average molecular weight is 518 g/mol. The molecule has 0 aromatic heterocycles. The van der Waals surface area contributed by atoms with Gasteiger partial charge in [0.05, 0.1) is 25.0 Å². The summed E-state index contributed by atoms with van der Waals surface area (Å²) in [6.45, 7) is 3.22. The number of esters is 1. The molecule has 0 bridgehead atoms. The molecule has 1 heterocycles. The number of nitrogens with zero attached hydrogens (tertiary/aromatic N) is 2. The van der Waals surface area contributed by atoms with E-state index in [1.807, 2.05) is 30.3 Å². The van der Waals surface area contributed by atoms with Gasteiger partial charge >= 0.3 is 12.1 Å². The number of nitrogen functional groups attached to an aromatic ring is 1. The van der Waals surface area contributed by atoms with Crippen molar-refractivity contribution in [2.75, 3.05) is 45.6 Å². The van der Waals surface area contributed by atoms with Crippen LogP contribution in [0.3, 0.4) is 0 Å². The summed E-state index contributed by atoms with van der Waals surface area (Å²) in [5.41, 5.74) is 8.14. The lowest BCUT2D eigenvalue weighted by Gasteiger charge is -2.35. The molecule has 1 atom stereocenters. The number of hydrogen-bond acceptors (Lipinski definition) is 7. The maximum atomic E-state index is 13.9. The minimum Gasteiger partial charge on any atom is -0.465 e. The van der Waals surface area contributed by atoms with Gasteiger partial charge in [-0.3, -0.25) is 9.59 Å². The molecule has 3 aromatic carbocycles. The predicted molar refractivity (Wildman–Crippen MR) is 143 cm³/mol. The Bertz CT molecular complexity index is 1350. The topological polar surface area (TPSA) is 119 Å². The molecule has 0 aliphatic carbocycles. The molecule has 9 nitrogen and oxygen atoms in total. The number of nitrogens with two attached hydrogens (primary N) is 1. The fourth-order valence-electron chi connectivity index (χ4n) is 4.67.